The minimum Gasteiger partial charge on any atom is -0.358 e. The average Bonchev–Trinajstić information content (AvgIpc) is 2.44. The molecule has 2 rings (SSSR count). The van der Waals surface area contributed by atoms with Crippen molar-refractivity contribution in [1.29, 1.82) is 0 Å². The molecule has 0 saturated carbocycles. The number of carbonyl (C=O) groups excluding carboxylic acids is 1. The summed E-state index contributed by atoms with van der Waals surface area (Å²) in [7, 11) is 0. The molecule has 0 atom stereocenters. The molecule has 0 radical (unpaired) electrons. The van der Waals surface area contributed by atoms with Gasteiger partial charge >= 0.3 is 0 Å². The van der Waals surface area contributed by atoms with Crippen LogP contribution in [-0.2, 0) is 0 Å². The Labute approximate surface area is 56.2 Å². The molecule has 2 N–H and O–H groups in total. The highest BCUT2D eigenvalue weighted by Crippen LogP contribution is 2.11. The fourth-order valence-corrected chi connectivity index (χ4v) is 0.936. The molecule has 2 heterocycles. The Morgan fingerprint density at radius 1 is 1.60 bits per heavy atom. The molecule has 0 saturated heterocycles. The smallest absolute Gasteiger partial charge is 0.153 e. The maximum atomic E-state index is 10.3. The maximum absolute atomic E-state index is 10.3. The Hall–Kier alpha value is -1.58. The van der Waals surface area contributed by atoms with E-state index in [0.717, 1.165) is 17.3 Å². The molecule has 0 bridgehead atoms. The highest BCUT2D eigenvalue weighted by molar-refractivity contribution is 5.94. The second-order valence-corrected chi connectivity index (χ2v) is 2.02. The number of H-pyrrole nitrogens is 2. The van der Waals surface area contributed by atoms with Crippen LogP contribution in [0.2, 0.25) is 0 Å². The van der Waals surface area contributed by atoms with Gasteiger partial charge in [-0.25, -0.2) is 0 Å². The first-order valence-electron chi connectivity index (χ1n) is 2.87. The van der Waals surface area contributed by atoms with Crippen LogP contribution in [0.15, 0.2) is 12.4 Å². The van der Waals surface area contributed by atoms with Crippen LogP contribution in [0.4, 0.5) is 0 Å². The molecule has 0 aliphatic rings. The molecule has 2 aromatic heterocycles. The highest BCUT2D eigenvalue weighted by Gasteiger charge is 2.01. The normalized spacial score (nSPS) is 10.4. The number of aromatic nitrogens is 3. The van der Waals surface area contributed by atoms with Gasteiger partial charge in [-0.3, -0.25) is 9.89 Å². The Morgan fingerprint density at radius 3 is 3.30 bits per heavy atom. The summed E-state index contributed by atoms with van der Waals surface area (Å²) in [4.78, 5) is 13.2. The van der Waals surface area contributed by atoms with Gasteiger partial charge in [0.05, 0.1) is 22.8 Å². The van der Waals surface area contributed by atoms with Crippen LogP contribution in [0.5, 0.6) is 0 Å². The van der Waals surface area contributed by atoms with Gasteiger partial charge in [0.1, 0.15) is 0 Å². The van der Waals surface area contributed by atoms with Crippen molar-refractivity contribution < 1.29 is 4.79 Å². The third-order valence-corrected chi connectivity index (χ3v) is 1.44. The number of nitrogens with zero attached hydrogens (tertiary/aromatic N) is 1. The van der Waals surface area contributed by atoms with Crippen molar-refractivity contribution >= 4 is 17.3 Å². The molecule has 0 unspecified atom stereocenters. The van der Waals surface area contributed by atoms with Crippen LogP contribution in [0, 0.1) is 0 Å². The quantitative estimate of drug-likeness (QED) is 0.565. The summed E-state index contributed by atoms with van der Waals surface area (Å²) in [6.45, 7) is 0. The minimum atomic E-state index is 0.618. The first-order chi connectivity index (χ1) is 4.92. The lowest BCUT2D eigenvalue weighted by Crippen LogP contribution is -1.74. The third-order valence-electron chi connectivity index (χ3n) is 1.44. The molecule has 4 nitrogen and oxygen atoms in total. The molecule has 10 heavy (non-hydrogen) atoms. The molecule has 2 aromatic rings. The summed E-state index contributed by atoms with van der Waals surface area (Å²) >= 11 is 0. The van der Waals surface area contributed by atoms with Crippen LogP contribution < -0.4 is 0 Å². The summed E-state index contributed by atoms with van der Waals surface area (Å²) in [6, 6.07) is 0. The van der Waals surface area contributed by atoms with Gasteiger partial charge in [-0.1, -0.05) is 0 Å². The fourth-order valence-electron chi connectivity index (χ4n) is 0.936. The van der Waals surface area contributed by atoms with Crippen LogP contribution in [0.1, 0.15) is 10.4 Å². The molecule has 0 aliphatic heterocycles. The topological polar surface area (TPSA) is 61.5 Å². The number of carbonyl (C=O) groups is 1. The van der Waals surface area contributed by atoms with Crippen LogP contribution in [0.25, 0.3) is 11.0 Å². The fraction of sp³-hybridized carbons (Fsp3) is 0. The van der Waals surface area contributed by atoms with E-state index in [4.69, 9.17) is 0 Å². The first-order valence-corrected chi connectivity index (χ1v) is 2.87. The Kier molecular flexibility index (Phi) is 0.887. The molecule has 0 aromatic carbocycles. The lowest BCUT2D eigenvalue weighted by molar-refractivity contribution is 0.112. The van der Waals surface area contributed by atoms with E-state index in [1.807, 2.05) is 0 Å². The zero-order valence-electron chi connectivity index (χ0n) is 5.09. The van der Waals surface area contributed by atoms with Gasteiger partial charge in [0, 0.05) is 6.20 Å². The van der Waals surface area contributed by atoms with E-state index in [1.54, 1.807) is 12.4 Å². The summed E-state index contributed by atoms with van der Waals surface area (Å²) in [6.07, 6.45) is 4.08. The van der Waals surface area contributed by atoms with Crippen molar-refractivity contribution in [3.63, 3.8) is 0 Å². The molecule has 50 valence electrons. The van der Waals surface area contributed by atoms with Crippen molar-refractivity contribution in [1.82, 2.24) is 15.2 Å². The molecular weight excluding hydrogens is 130 g/mol. The number of rotatable bonds is 1. The standard InChI is InChI=1S/C6H5N3O/c10-3-4-1-7-5-2-8-9-6(4)5/h1-3,7H,(H,8,9). The highest BCUT2D eigenvalue weighted by atomic mass is 16.1. The van der Waals surface area contributed by atoms with Gasteiger partial charge < -0.3 is 4.98 Å². The van der Waals surface area contributed by atoms with Gasteiger partial charge in [0.25, 0.3) is 0 Å². The summed E-state index contributed by atoms with van der Waals surface area (Å²) in [5, 5.41) is 6.46. The van der Waals surface area contributed by atoms with Gasteiger partial charge in [-0.2, -0.15) is 5.10 Å². The Bertz CT molecular complexity index is 360. The SMILES string of the molecule is O=Cc1c[nH]c2cn[nH]c12. The Morgan fingerprint density at radius 2 is 2.50 bits per heavy atom. The summed E-state index contributed by atoms with van der Waals surface area (Å²) < 4.78 is 0. The van der Waals surface area contributed by atoms with Gasteiger partial charge in [-0.05, 0) is 0 Å². The van der Waals surface area contributed by atoms with E-state index in [0.29, 0.717) is 5.56 Å². The number of fused-ring (bicyclic) bond motifs is 1. The van der Waals surface area contributed by atoms with E-state index in [9.17, 15) is 4.79 Å². The van der Waals surface area contributed by atoms with E-state index in [1.165, 1.54) is 0 Å². The zero-order chi connectivity index (χ0) is 6.97. The van der Waals surface area contributed by atoms with Crippen LogP contribution in [-0.4, -0.2) is 21.5 Å². The van der Waals surface area contributed by atoms with Crippen molar-refractivity contribution in [2.45, 2.75) is 0 Å². The van der Waals surface area contributed by atoms with Gasteiger partial charge in [-0.15, -0.1) is 0 Å². The van der Waals surface area contributed by atoms with Crippen molar-refractivity contribution in [3.05, 3.63) is 18.0 Å². The zero-order valence-corrected chi connectivity index (χ0v) is 5.09. The summed E-state index contributed by atoms with van der Waals surface area (Å²) in [5.41, 5.74) is 2.25. The molecule has 4 heteroatoms. The summed E-state index contributed by atoms with van der Waals surface area (Å²) in [5.74, 6) is 0. The molecular formula is C6H5N3O. The number of hydrogen-bond acceptors (Lipinski definition) is 2. The van der Waals surface area contributed by atoms with Crippen molar-refractivity contribution in [2.75, 3.05) is 0 Å². The largest absolute Gasteiger partial charge is 0.358 e. The monoisotopic (exact) mass is 135 g/mol. The lowest BCUT2D eigenvalue weighted by atomic mass is 10.3. The van der Waals surface area contributed by atoms with E-state index >= 15 is 0 Å². The molecule has 0 spiro atoms. The number of aldehydes is 1. The average molecular weight is 135 g/mol. The van der Waals surface area contributed by atoms with Crippen LogP contribution in [0.3, 0.4) is 0 Å². The third kappa shape index (κ3) is 0.500. The van der Waals surface area contributed by atoms with Gasteiger partial charge in [0.15, 0.2) is 6.29 Å². The second kappa shape index (κ2) is 1.70. The molecule has 0 fully saturated rings. The Balaban J connectivity index is 2.88. The second-order valence-electron chi connectivity index (χ2n) is 2.02. The predicted octanol–water partition coefficient (Wildman–Crippen LogP) is 0.703. The first kappa shape index (κ1) is 5.22. The van der Waals surface area contributed by atoms with E-state index in [2.05, 4.69) is 15.2 Å². The van der Waals surface area contributed by atoms with Gasteiger partial charge in [0.2, 0.25) is 0 Å². The maximum Gasteiger partial charge on any atom is 0.153 e. The lowest BCUT2D eigenvalue weighted by Gasteiger charge is -1.75. The van der Waals surface area contributed by atoms with E-state index < -0.39 is 0 Å². The molecule has 0 aliphatic carbocycles. The number of aromatic amines is 2. The predicted molar refractivity (Wildman–Crippen MR) is 35.8 cm³/mol. The number of hydrogen-bond donors (Lipinski definition) is 2. The number of nitrogens with one attached hydrogen (secondary N) is 2. The molecule has 0 amide bonds. The van der Waals surface area contributed by atoms with E-state index in [-0.39, 0.29) is 0 Å². The van der Waals surface area contributed by atoms with Crippen molar-refractivity contribution in [3.8, 4) is 0 Å². The minimum absolute atomic E-state index is 0.618. The van der Waals surface area contributed by atoms with Crippen molar-refractivity contribution in [2.24, 2.45) is 0 Å². The van der Waals surface area contributed by atoms with Crippen LogP contribution >= 0.6 is 0 Å².